The molecule has 1 saturated heterocycles. The molecule has 12 nitrogen and oxygen atoms in total. The number of hydrogen-bond acceptors (Lipinski definition) is 6. The van der Waals surface area contributed by atoms with Gasteiger partial charge in [0.2, 0.25) is 5.91 Å². The van der Waals surface area contributed by atoms with Crippen LogP contribution in [0.5, 0.6) is 0 Å². The number of aryl methyl sites for hydroxylation is 2. The van der Waals surface area contributed by atoms with Gasteiger partial charge in [-0.15, -0.1) is 0 Å². The van der Waals surface area contributed by atoms with Gasteiger partial charge in [0, 0.05) is 13.1 Å². The third kappa shape index (κ3) is 11.7. The number of nitrogens with zero attached hydrogens (tertiary/aromatic N) is 1. The summed E-state index contributed by atoms with van der Waals surface area (Å²) in [5.41, 5.74) is 5.44. The molecule has 0 spiro atoms. The molecule has 0 unspecified atom stereocenters. The zero-order chi connectivity index (χ0) is 31.0. The van der Waals surface area contributed by atoms with Crippen LogP contribution in [0.4, 0.5) is 9.59 Å². The number of hydroxylamine groups is 1. The summed E-state index contributed by atoms with van der Waals surface area (Å²) in [5.74, 6) is -1.88. The molecule has 0 saturated carbocycles. The summed E-state index contributed by atoms with van der Waals surface area (Å²) in [5, 5.41) is 22.2. The van der Waals surface area contributed by atoms with Crippen LogP contribution in [-0.2, 0) is 38.5 Å². The average molecular weight is 597 g/mol. The Morgan fingerprint density at radius 1 is 0.837 bits per heavy atom. The van der Waals surface area contributed by atoms with E-state index in [2.05, 4.69) is 28.2 Å². The van der Waals surface area contributed by atoms with Crippen molar-refractivity contribution in [1.29, 1.82) is 0 Å². The highest BCUT2D eigenvalue weighted by molar-refractivity contribution is 5.90. The summed E-state index contributed by atoms with van der Waals surface area (Å²) in [6.45, 7) is 0.407. The first-order valence-electron chi connectivity index (χ1n) is 14.6. The van der Waals surface area contributed by atoms with Crippen molar-refractivity contribution in [1.82, 2.24) is 21.0 Å². The lowest BCUT2D eigenvalue weighted by Crippen LogP contribution is -2.52. The SMILES string of the molecule is O=C(O)NCCCC[C@H](NC(=O)O)C(=O)N1CCC[C@H]1C(=O)ONC(=O)Cc1ccc(CCCCc2ccccc2)cc1. The Kier molecular flexibility index (Phi) is 13.3. The maximum absolute atomic E-state index is 13.1. The van der Waals surface area contributed by atoms with Crippen LogP contribution >= 0.6 is 0 Å². The van der Waals surface area contributed by atoms with Crippen LogP contribution in [-0.4, -0.2) is 70.3 Å². The normalized spacial score (nSPS) is 14.9. The average Bonchev–Trinajstić information content (AvgIpc) is 3.48. The highest BCUT2D eigenvalue weighted by Crippen LogP contribution is 2.21. The van der Waals surface area contributed by atoms with E-state index in [0.717, 1.165) is 31.2 Å². The van der Waals surface area contributed by atoms with Crippen LogP contribution < -0.4 is 16.1 Å². The quantitative estimate of drug-likeness (QED) is 0.154. The van der Waals surface area contributed by atoms with Crippen molar-refractivity contribution in [2.45, 2.75) is 76.3 Å². The summed E-state index contributed by atoms with van der Waals surface area (Å²) in [6.07, 6.45) is 3.34. The first-order valence-corrected chi connectivity index (χ1v) is 14.6. The number of carbonyl (C=O) groups is 5. The Bertz CT molecular complexity index is 1220. The summed E-state index contributed by atoms with van der Waals surface area (Å²) < 4.78 is 0. The van der Waals surface area contributed by atoms with Gasteiger partial charge in [0.25, 0.3) is 5.91 Å². The van der Waals surface area contributed by atoms with E-state index in [-0.39, 0.29) is 25.9 Å². The highest BCUT2D eigenvalue weighted by atomic mass is 16.7. The monoisotopic (exact) mass is 596 g/mol. The lowest BCUT2D eigenvalue weighted by Gasteiger charge is -2.27. The molecule has 5 N–H and O–H groups in total. The molecule has 1 fully saturated rings. The molecule has 12 heteroatoms. The van der Waals surface area contributed by atoms with Crippen molar-refractivity contribution in [3.05, 3.63) is 71.3 Å². The summed E-state index contributed by atoms with van der Waals surface area (Å²) in [7, 11) is 0. The van der Waals surface area contributed by atoms with Gasteiger partial charge in [-0.2, -0.15) is 5.48 Å². The van der Waals surface area contributed by atoms with E-state index >= 15 is 0 Å². The largest absolute Gasteiger partial charge is 0.465 e. The van der Waals surface area contributed by atoms with E-state index in [9.17, 15) is 29.1 Å². The molecule has 0 aliphatic carbocycles. The van der Waals surface area contributed by atoms with E-state index in [1.54, 1.807) is 0 Å². The number of benzene rings is 2. The molecule has 43 heavy (non-hydrogen) atoms. The second-order valence-corrected chi connectivity index (χ2v) is 10.6. The Labute approximate surface area is 250 Å². The smallest absolute Gasteiger partial charge is 0.405 e. The van der Waals surface area contributed by atoms with Crippen molar-refractivity contribution < 1.29 is 39.0 Å². The number of rotatable bonds is 15. The van der Waals surface area contributed by atoms with Gasteiger partial charge >= 0.3 is 18.2 Å². The standard InChI is InChI=1S/C31H40N4O8/c36-27(21-24-17-15-23(16-18-24)12-5-4-11-22-9-2-1-3-10-22)34-43-29(38)26-14-8-20-35(26)28(37)25(33-31(41)42)13-6-7-19-32-30(39)40/h1-3,9-10,15-18,25-26,32-33H,4-8,11-14,19-21H2,(H,34,36)(H,39,40)(H,41,42)/t25-,26-/m0/s1. The number of unbranched alkanes of at least 4 members (excludes halogenated alkanes) is 2. The first kappa shape index (κ1) is 32.9. The van der Waals surface area contributed by atoms with Crippen molar-refractivity contribution in [3.8, 4) is 0 Å². The fourth-order valence-corrected chi connectivity index (χ4v) is 5.07. The number of carboxylic acid groups (broad SMARTS) is 2. The van der Waals surface area contributed by atoms with Crippen molar-refractivity contribution in [3.63, 3.8) is 0 Å². The Morgan fingerprint density at radius 2 is 1.49 bits per heavy atom. The van der Waals surface area contributed by atoms with E-state index in [1.165, 1.54) is 16.0 Å². The van der Waals surface area contributed by atoms with Crippen LogP contribution in [0.1, 0.15) is 61.6 Å². The number of hydrogen-bond donors (Lipinski definition) is 5. The molecule has 2 aromatic rings. The molecule has 4 amide bonds. The number of likely N-dealkylation sites (tertiary alicyclic amines) is 1. The zero-order valence-electron chi connectivity index (χ0n) is 24.1. The summed E-state index contributed by atoms with van der Waals surface area (Å²) in [6, 6.07) is 16.0. The minimum absolute atomic E-state index is 0.0101. The van der Waals surface area contributed by atoms with Crippen LogP contribution in [0.2, 0.25) is 0 Å². The van der Waals surface area contributed by atoms with Gasteiger partial charge in [0.1, 0.15) is 12.1 Å². The molecule has 1 aliphatic heterocycles. The van der Waals surface area contributed by atoms with Crippen LogP contribution in [0, 0.1) is 0 Å². The maximum Gasteiger partial charge on any atom is 0.405 e. The third-order valence-corrected chi connectivity index (χ3v) is 7.28. The first-order chi connectivity index (χ1) is 20.7. The Morgan fingerprint density at radius 3 is 2.14 bits per heavy atom. The topological polar surface area (TPSA) is 174 Å². The van der Waals surface area contributed by atoms with Gasteiger partial charge in [-0.25, -0.2) is 14.4 Å². The van der Waals surface area contributed by atoms with Gasteiger partial charge in [0.15, 0.2) is 0 Å². The van der Waals surface area contributed by atoms with Crippen molar-refractivity contribution in [2.75, 3.05) is 13.1 Å². The van der Waals surface area contributed by atoms with Gasteiger partial charge < -0.3 is 30.6 Å². The van der Waals surface area contributed by atoms with E-state index in [0.29, 0.717) is 25.7 Å². The van der Waals surface area contributed by atoms with Crippen molar-refractivity contribution >= 4 is 30.0 Å². The minimum atomic E-state index is -1.39. The van der Waals surface area contributed by atoms with Gasteiger partial charge in [0.05, 0.1) is 6.42 Å². The number of carbonyl (C=O) groups excluding carboxylic acids is 3. The van der Waals surface area contributed by atoms with Gasteiger partial charge in [-0.1, -0.05) is 54.6 Å². The molecule has 2 atom stereocenters. The second kappa shape index (κ2) is 17.4. The molecule has 2 aromatic carbocycles. The van der Waals surface area contributed by atoms with E-state index in [1.807, 2.05) is 42.5 Å². The molecule has 0 radical (unpaired) electrons. The maximum atomic E-state index is 13.1. The van der Waals surface area contributed by atoms with Crippen LogP contribution in [0.15, 0.2) is 54.6 Å². The van der Waals surface area contributed by atoms with E-state index < -0.39 is 42.1 Å². The molecule has 0 bridgehead atoms. The minimum Gasteiger partial charge on any atom is -0.465 e. The van der Waals surface area contributed by atoms with Gasteiger partial charge in [-0.05, 0) is 74.5 Å². The van der Waals surface area contributed by atoms with Gasteiger partial charge in [-0.3, -0.25) is 9.59 Å². The lowest BCUT2D eigenvalue weighted by atomic mass is 10.0. The number of amides is 4. The molecule has 3 rings (SSSR count). The number of nitrogens with one attached hydrogen (secondary N) is 3. The second-order valence-electron chi connectivity index (χ2n) is 10.6. The Hall–Kier alpha value is -4.61. The molecular weight excluding hydrogens is 556 g/mol. The third-order valence-electron chi connectivity index (χ3n) is 7.28. The fraction of sp³-hybridized carbons (Fsp3) is 0.452. The molecular formula is C31H40N4O8. The lowest BCUT2D eigenvalue weighted by molar-refractivity contribution is -0.164. The summed E-state index contributed by atoms with van der Waals surface area (Å²) in [4.78, 5) is 66.4. The Balaban J connectivity index is 1.41. The predicted octanol–water partition coefficient (Wildman–Crippen LogP) is 3.43. The van der Waals surface area contributed by atoms with Crippen molar-refractivity contribution in [2.24, 2.45) is 0 Å². The molecule has 1 heterocycles. The molecule has 1 aliphatic rings. The van der Waals surface area contributed by atoms with E-state index in [4.69, 9.17) is 9.94 Å². The molecule has 0 aromatic heterocycles. The zero-order valence-corrected chi connectivity index (χ0v) is 24.1. The predicted molar refractivity (Wildman–Crippen MR) is 157 cm³/mol. The van der Waals surface area contributed by atoms with Crippen LogP contribution in [0.25, 0.3) is 0 Å². The fourth-order valence-electron chi connectivity index (χ4n) is 5.07. The van der Waals surface area contributed by atoms with Crippen LogP contribution in [0.3, 0.4) is 0 Å². The summed E-state index contributed by atoms with van der Waals surface area (Å²) >= 11 is 0. The highest BCUT2D eigenvalue weighted by Gasteiger charge is 2.39. The molecule has 232 valence electrons.